The molecule has 24 heavy (non-hydrogen) atoms. The number of carbonyl (C=O) groups is 1. The van der Waals surface area contributed by atoms with Gasteiger partial charge in [-0.2, -0.15) is 0 Å². The van der Waals surface area contributed by atoms with Crippen molar-refractivity contribution >= 4 is 23.5 Å². The molecule has 132 valence electrons. The molecule has 2 amide bonds. The van der Waals surface area contributed by atoms with Gasteiger partial charge in [0.05, 0.1) is 0 Å². The molecular formula is C19H29N3OS. The Kier molecular flexibility index (Phi) is 6.06. The van der Waals surface area contributed by atoms with Gasteiger partial charge in [-0.25, -0.2) is 4.79 Å². The fourth-order valence-electron chi connectivity index (χ4n) is 3.70. The molecule has 4 nitrogen and oxygen atoms in total. The molecule has 1 aliphatic heterocycles. The number of rotatable bonds is 5. The minimum Gasteiger partial charge on any atom is -0.324 e. The molecule has 0 radical (unpaired) electrons. The van der Waals surface area contributed by atoms with Crippen molar-refractivity contribution in [1.29, 1.82) is 0 Å². The number of benzene rings is 1. The van der Waals surface area contributed by atoms with Crippen LogP contribution in [-0.2, 0) is 0 Å². The number of hydrogen-bond donors (Lipinski definition) is 1. The zero-order valence-electron chi connectivity index (χ0n) is 14.8. The molecule has 0 aromatic heterocycles. The smallest absolute Gasteiger partial charge is 0.321 e. The number of carbonyl (C=O) groups excluding carboxylic acids is 1. The van der Waals surface area contributed by atoms with Gasteiger partial charge in [0.2, 0.25) is 0 Å². The van der Waals surface area contributed by atoms with E-state index in [1.807, 2.05) is 28.8 Å². The number of thioether (sulfide) groups is 1. The summed E-state index contributed by atoms with van der Waals surface area (Å²) in [6.07, 6.45) is 6.52. The van der Waals surface area contributed by atoms with E-state index in [9.17, 15) is 4.79 Å². The number of nitrogens with zero attached hydrogens (tertiary/aromatic N) is 2. The monoisotopic (exact) mass is 347 g/mol. The van der Waals surface area contributed by atoms with E-state index in [0.29, 0.717) is 5.92 Å². The highest BCUT2D eigenvalue weighted by molar-refractivity contribution is 8.00. The molecule has 0 spiro atoms. The van der Waals surface area contributed by atoms with Gasteiger partial charge in [-0.15, -0.1) is 11.8 Å². The normalized spacial score (nSPS) is 21.6. The van der Waals surface area contributed by atoms with Gasteiger partial charge in [0.25, 0.3) is 0 Å². The highest BCUT2D eigenvalue weighted by atomic mass is 32.2. The van der Waals surface area contributed by atoms with Crippen LogP contribution < -0.4 is 5.32 Å². The Bertz CT molecular complexity index is 540. The summed E-state index contributed by atoms with van der Waals surface area (Å²) in [6.45, 7) is 2.77. The Morgan fingerprint density at radius 1 is 1.21 bits per heavy atom. The maximum absolute atomic E-state index is 12.4. The second-order valence-corrected chi connectivity index (χ2v) is 8.72. The fourth-order valence-corrected chi connectivity index (χ4v) is 4.95. The van der Waals surface area contributed by atoms with Crippen molar-refractivity contribution < 1.29 is 4.79 Å². The van der Waals surface area contributed by atoms with E-state index in [-0.39, 0.29) is 6.03 Å². The third-order valence-corrected chi connectivity index (χ3v) is 6.26. The highest BCUT2D eigenvalue weighted by Crippen LogP contribution is 2.35. The van der Waals surface area contributed by atoms with Crippen molar-refractivity contribution in [3.05, 3.63) is 24.3 Å². The van der Waals surface area contributed by atoms with Crippen LogP contribution in [0.2, 0.25) is 0 Å². The van der Waals surface area contributed by atoms with Crippen LogP contribution in [0.25, 0.3) is 0 Å². The predicted octanol–water partition coefficient (Wildman–Crippen LogP) is 4.14. The van der Waals surface area contributed by atoms with Crippen molar-refractivity contribution in [2.24, 2.45) is 5.92 Å². The van der Waals surface area contributed by atoms with E-state index in [1.165, 1.54) is 30.6 Å². The summed E-state index contributed by atoms with van der Waals surface area (Å²) in [5.41, 5.74) is 0.895. The highest BCUT2D eigenvalue weighted by Gasteiger charge is 2.26. The third kappa shape index (κ3) is 4.90. The lowest BCUT2D eigenvalue weighted by Gasteiger charge is -2.19. The second-order valence-electron chi connectivity index (χ2n) is 7.34. The molecule has 2 fully saturated rings. The molecule has 1 N–H and O–H groups in total. The first-order chi connectivity index (χ1) is 11.6. The van der Waals surface area contributed by atoms with Gasteiger partial charge in [0, 0.05) is 35.5 Å². The number of anilines is 1. The molecule has 2 aliphatic rings. The Hall–Kier alpha value is -1.20. The van der Waals surface area contributed by atoms with Crippen molar-refractivity contribution in [2.75, 3.05) is 39.0 Å². The SMILES string of the molecule is CN(C)C[C@H]1CCN(C(=O)Nc2ccc(SC3CCCC3)cc2)C1. The van der Waals surface area contributed by atoms with Gasteiger partial charge in [0.1, 0.15) is 0 Å². The Morgan fingerprint density at radius 3 is 2.58 bits per heavy atom. The first-order valence-electron chi connectivity index (χ1n) is 9.07. The lowest BCUT2D eigenvalue weighted by Crippen LogP contribution is -2.34. The Morgan fingerprint density at radius 2 is 1.92 bits per heavy atom. The van der Waals surface area contributed by atoms with Crippen molar-refractivity contribution in [1.82, 2.24) is 9.80 Å². The predicted molar refractivity (Wildman–Crippen MR) is 102 cm³/mol. The van der Waals surface area contributed by atoms with E-state index in [1.54, 1.807) is 0 Å². The molecule has 0 bridgehead atoms. The summed E-state index contributed by atoms with van der Waals surface area (Å²) >= 11 is 1.98. The Labute approximate surface area is 150 Å². The molecule has 0 unspecified atom stereocenters. The zero-order valence-corrected chi connectivity index (χ0v) is 15.6. The zero-order chi connectivity index (χ0) is 16.9. The molecule has 1 aliphatic carbocycles. The first kappa shape index (κ1) is 17.6. The van der Waals surface area contributed by atoms with Gasteiger partial charge in [-0.3, -0.25) is 0 Å². The quantitative estimate of drug-likeness (QED) is 0.869. The van der Waals surface area contributed by atoms with E-state index in [2.05, 4.69) is 36.4 Å². The van der Waals surface area contributed by atoms with Crippen molar-refractivity contribution in [3.8, 4) is 0 Å². The first-order valence-corrected chi connectivity index (χ1v) is 9.95. The van der Waals surface area contributed by atoms with Gasteiger partial charge in [-0.1, -0.05) is 12.8 Å². The van der Waals surface area contributed by atoms with Gasteiger partial charge in [-0.05, 0) is 63.5 Å². The molecule has 3 rings (SSSR count). The van der Waals surface area contributed by atoms with Crippen LogP contribution in [0.5, 0.6) is 0 Å². The third-order valence-electron chi connectivity index (χ3n) is 4.91. The van der Waals surface area contributed by atoms with Crippen LogP contribution in [0.3, 0.4) is 0 Å². The molecular weight excluding hydrogens is 318 g/mol. The molecule has 1 aromatic carbocycles. The van der Waals surface area contributed by atoms with Crippen LogP contribution in [-0.4, -0.2) is 54.8 Å². The maximum atomic E-state index is 12.4. The van der Waals surface area contributed by atoms with Crippen molar-refractivity contribution in [2.45, 2.75) is 42.2 Å². The average Bonchev–Trinajstić information content (AvgIpc) is 3.20. The summed E-state index contributed by atoms with van der Waals surface area (Å²) in [5.74, 6) is 0.593. The van der Waals surface area contributed by atoms with Crippen molar-refractivity contribution in [3.63, 3.8) is 0 Å². The van der Waals surface area contributed by atoms with E-state index in [0.717, 1.165) is 37.0 Å². The minimum absolute atomic E-state index is 0.0347. The average molecular weight is 348 g/mol. The van der Waals surface area contributed by atoms with Crippen LogP contribution in [0.1, 0.15) is 32.1 Å². The van der Waals surface area contributed by atoms with Crippen LogP contribution >= 0.6 is 11.8 Å². The van der Waals surface area contributed by atoms with Crippen LogP contribution in [0, 0.1) is 5.92 Å². The molecule has 1 saturated heterocycles. The summed E-state index contributed by atoms with van der Waals surface area (Å²) < 4.78 is 0. The summed E-state index contributed by atoms with van der Waals surface area (Å²) in [7, 11) is 4.18. The standard InChI is InChI=1S/C19H29N3OS/c1-21(2)13-15-11-12-22(14-15)19(23)20-16-7-9-18(10-8-16)24-17-5-3-4-6-17/h7-10,15,17H,3-6,11-14H2,1-2H3,(H,20,23)/t15-/m1/s1. The maximum Gasteiger partial charge on any atom is 0.321 e. The fraction of sp³-hybridized carbons (Fsp3) is 0.632. The van der Waals surface area contributed by atoms with Gasteiger partial charge < -0.3 is 15.1 Å². The largest absolute Gasteiger partial charge is 0.324 e. The molecule has 1 aromatic rings. The van der Waals surface area contributed by atoms with Gasteiger partial charge in [0.15, 0.2) is 0 Å². The van der Waals surface area contributed by atoms with Crippen LogP contribution in [0.15, 0.2) is 29.2 Å². The summed E-state index contributed by atoms with van der Waals surface area (Å²) in [5, 5.41) is 3.82. The number of amides is 2. The summed E-state index contributed by atoms with van der Waals surface area (Å²) in [4.78, 5) is 17.9. The number of nitrogens with one attached hydrogen (secondary N) is 1. The van der Waals surface area contributed by atoms with Gasteiger partial charge >= 0.3 is 6.03 Å². The number of likely N-dealkylation sites (tertiary alicyclic amines) is 1. The number of urea groups is 1. The minimum atomic E-state index is 0.0347. The lowest BCUT2D eigenvalue weighted by molar-refractivity contribution is 0.219. The summed E-state index contributed by atoms with van der Waals surface area (Å²) in [6, 6.07) is 8.37. The number of hydrogen-bond acceptors (Lipinski definition) is 3. The molecule has 1 heterocycles. The lowest BCUT2D eigenvalue weighted by atomic mass is 10.1. The molecule has 5 heteroatoms. The van der Waals surface area contributed by atoms with E-state index >= 15 is 0 Å². The van der Waals surface area contributed by atoms with Crippen LogP contribution in [0.4, 0.5) is 10.5 Å². The van der Waals surface area contributed by atoms with E-state index < -0.39 is 0 Å². The topological polar surface area (TPSA) is 35.6 Å². The van der Waals surface area contributed by atoms with E-state index in [4.69, 9.17) is 0 Å². The Balaban J connectivity index is 1.47. The molecule has 1 saturated carbocycles. The molecule has 1 atom stereocenters. The second kappa shape index (κ2) is 8.26.